The SMILES string of the molecule is C[C@@H](C(=S)c1ccccc1)[C@@H]1[C@H]([C@@H](CO[SiH](C)C)C(C)(C)C)C(=O)N1CC(=S)c1ccccc1. The molecule has 1 aliphatic heterocycles. The number of nitrogens with zero attached hydrogens (tertiary/aromatic N) is 1. The lowest BCUT2D eigenvalue weighted by Crippen LogP contribution is -2.69. The van der Waals surface area contributed by atoms with Crippen molar-refractivity contribution in [1.82, 2.24) is 4.90 Å². The van der Waals surface area contributed by atoms with E-state index < -0.39 is 9.04 Å². The predicted octanol–water partition coefficient (Wildman–Crippen LogP) is 5.95. The first kappa shape index (κ1) is 26.9. The lowest BCUT2D eigenvalue weighted by molar-refractivity contribution is -0.166. The molecule has 0 saturated carbocycles. The Bertz CT molecular complexity index is 1000. The van der Waals surface area contributed by atoms with Crippen LogP contribution >= 0.6 is 24.4 Å². The van der Waals surface area contributed by atoms with Crippen LogP contribution in [0.25, 0.3) is 0 Å². The number of carbonyl (C=O) groups excluding carboxylic acids is 1. The van der Waals surface area contributed by atoms with E-state index in [2.05, 4.69) is 52.9 Å². The van der Waals surface area contributed by atoms with Crippen LogP contribution in [0.1, 0.15) is 38.8 Å². The Morgan fingerprint density at radius 3 is 2.03 bits per heavy atom. The number of amides is 1. The standard InChI is InChI=1S/C28H37NO2S2Si/c1-19(26(33)21-15-11-8-12-16-21)25-24(22(28(2,3)4)18-31-34(5)6)27(30)29(25)17-23(32)20-13-9-7-10-14-20/h7-16,19,22,24-25,34H,17-18H2,1-6H3/t19-,22-,24+,25-/m1/s1. The summed E-state index contributed by atoms with van der Waals surface area (Å²) in [5.41, 5.74) is 1.97. The van der Waals surface area contributed by atoms with Crippen LogP contribution in [0, 0.1) is 23.2 Å². The van der Waals surface area contributed by atoms with Gasteiger partial charge in [-0.3, -0.25) is 4.79 Å². The second kappa shape index (κ2) is 11.3. The molecule has 0 aliphatic carbocycles. The second-order valence-electron chi connectivity index (χ2n) is 10.6. The van der Waals surface area contributed by atoms with E-state index in [4.69, 9.17) is 28.9 Å². The fraction of sp³-hybridized carbons (Fsp3) is 0.464. The van der Waals surface area contributed by atoms with Crippen molar-refractivity contribution in [3.05, 3.63) is 71.8 Å². The molecule has 0 N–H and O–H groups in total. The van der Waals surface area contributed by atoms with Gasteiger partial charge in [-0.15, -0.1) is 0 Å². The Labute approximate surface area is 217 Å². The summed E-state index contributed by atoms with van der Waals surface area (Å²) in [6.07, 6.45) is 0. The minimum atomic E-state index is -1.21. The van der Waals surface area contributed by atoms with Gasteiger partial charge >= 0.3 is 0 Å². The summed E-state index contributed by atoms with van der Waals surface area (Å²) in [7, 11) is -1.21. The lowest BCUT2D eigenvalue weighted by Gasteiger charge is -2.55. The average molecular weight is 512 g/mol. The third-order valence-corrected chi connectivity index (χ3v) is 8.68. The Balaban J connectivity index is 1.93. The van der Waals surface area contributed by atoms with Gasteiger partial charge in [0.1, 0.15) is 0 Å². The predicted molar refractivity (Wildman–Crippen MR) is 152 cm³/mol. The number of likely N-dealkylation sites (tertiary alicyclic amines) is 1. The highest BCUT2D eigenvalue weighted by atomic mass is 32.1. The maximum atomic E-state index is 13.7. The molecular weight excluding hydrogens is 475 g/mol. The first-order valence-electron chi connectivity index (χ1n) is 12.1. The van der Waals surface area contributed by atoms with Crippen molar-refractivity contribution in [2.75, 3.05) is 13.2 Å². The highest BCUT2D eigenvalue weighted by Gasteiger charge is 2.56. The van der Waals surface area contributed by atoms with E-state index in [0.29, 0.717) is 13.2 Å². The van der Waals surface area contributed by atoms with Gasteiger partial charge in [0.15, 0.2) is 9.04 Å². The number of hydrogen-bond donors (Lipinski definition) is 0. The van der Waals surface area contributed by atoms with Gasteiger partial charge in [-0.05, 0) is 35.6 Å². The third kappa shape index (κ3) is 6.09. The van der Waals surface area contributed by atoms with Crippen LogP contribution in [0.2, 0.25) is 13.1 Å². The molecule has 0 unspecified atom stereocenters. The Morgan fingerprint density at radius 1 is 1.00 bits per heavy atom. The summed E-state index contributed by atoms with van der Waals surface area (Å²) < 4.78 is 6.20. The van der Waals surface area contributed by atoms with Crippen molar-refractivity contribution < 1.29 is 9.22 Å². The van der Waals surface area contributed by atoms with Crippen LogP contribution in [0.15, 0.2) is 60.7 Å². The van der Waals surface area contributed by atoms with Crippen LogP contribution < -0.4 is 0 Å². The van der Waals surface area contributed by atoms with Crippen LogP contribution in [-0.4, -0.2) is 48.8 Å². The fourth-order valence-electron chi connectivity index (χ4n) is 4.85. The minimum Gasteiger partial charge on any atom is -0.420 e. The summed E-state index contributed by atoms with van der Waals surface area (Å²) in [5, 5.41) is 0. The Kier molecular flexibility index (Phi) is 8.96. The highest BCUT2D eigenvalue weighted by molar-refractivity contribution is 7.81. The third-order valence-electron chi connectivity index (χ3n) is 6.84. The molecule has 1 aliphatic rings. The molecule has 1 fully saturated rings. The zero-order valence-corrected chi connectivity index (χ0v) is 23.9. The highest BCUT2D eigenvalue weighted by Crippen LogP contribution is 2.45. The van der Waals surface area contributed by atoms with Crippen molar-refractivity contribution in [3.8, 4) is 0 Å². The number of β-lactam (4-membered cyclic amide) rings is 1. The van der Waals surface area contributed by atoms with Gasteiger partial charge in [0.2, 0.25) is 5.91 Å². The number of rotatable bonds is 10. The summed E-state index contributed by atoms with van der Waals surface area (Å²) >= 11 is 11.7. The molecule has 0 radical (unpaired) electrons. The van der Waals surface area contributed by atoms with Crippen molar-refractivity contribution >= 4 is 49.1 Å². The van der Waals surface area contributed by atoms with Crippen molar-refractivity contribution in [1.29, 1.82) is 0 Å². The second-order valence-corrected chi connectivity index (χ2v) is 14.0. The van der Waals surface area contributed by atoms with Gasteiger partial charge in [-0.1, -0.05) is 113 Å². The number of carbonyl (C=O) groups is 1. The summed E-state index contributed by atoms with van der Waals surface area (Å²) in [6.45, 7) is 14.2. The number of benzene rings is 2. The van der Waals surface area contributed by atoms with Crippen LogP contribution in [0.5, 0.6) is 0 Å². The van der Waals surface area contributed by atoms with E-state index in [0.717, 1.165) is 20.9 Å². The van der Waals surface area contributed by atoms with E-state index in [1.807, 2.05) is 53.4 Å². The van der Waals surface area contributed by atoms with E-state index in [1.54, 1.807) is 0 Å². The van der Waals surface area contributed by atoms with Crippen molar-refractivity contribution in [3.63, 3.8) is 0 Å². The Morgan fingerprint density at radius 2 is 1.53 bits per heavy atom. The van der Waals surface area contributed by atoms with Crippen LogP contribution in [0.4, 0.5) is 0 Å². The smallest absolute Gasteiger partial charge is 0.228 e. The molecule has 0 aromatic heterocycles. The van der Waals surface area contributed by atoms with E-state index in [-0.39, 0.29) is 35.1 Å². The van der Waals surface area contributed by atoms with Crippen LogP contribution in [0.3, 0.4) is 0 Å². The largest absolute Gasteiger partial charge is 0.420 e. The van der Waals surface area contributed by atoms with Crippen molar-refractivity contribution in [2.24, 2.45) is 23.2 Å². The number of thiocarbonyl (C=S) groups is 2. The van der Waals surface area contributed by atoms with E-state index in [1.165, 1.54) is 0 Å². The van der Waals surface area contributed by atoms with Crippen molar-refractivity contribution in [2.45, 2.75) is 46.8 Å². The maximum Gasteiger partial charge on any atom is 0.228 e. The lowest BCUT2D eigenvalue weighted by atomic mass is 9.63. The first-order valence-corrected chi connectivity index (χ1v) is 15.7. The monoisotopic (exact) mass is 511 g/mol. The van der Waals surface area contributed by atoms with E-state index in [9.17, 15) is 4.79 Å². The zero-order valence-electron chi connectivity index (χ0n) is 21.2. The topological polar surface area (TPSA) is 29.5 Å². The molecular formula is C28H37NO2S2Si. The van der Waals surface area contributed by atoms with Gasteiger partial charge in [-0.25, -0.2) is 0 Å². The molecule has 3 nitrogen and oxygen atoms in total. The zero-order chi connectivity index (χ0) is 25.0. The van der Waals surface area contributed by atoms with Gasteiger partial charge in [-0.2, -0.15) is 0 Å². The normalized spacial score (nSPS) is 20.1. The van der Waals surface area contributed by atoms with Gasteiger partial charge in [0.25, 0.3) is 0 Å². The summed E-state index contributed by atoms with van der Waals surface area (Å²) in [6, 6.07) is 20.1. The molecule has 3 rings (SSSR count). The fourth-order valence-corrected chi connectivity index (χ4v) is 5.99. The molecule has 1 heterocycles. The Hall–Kier alpha value is -1.73. The maximum absolute atomic E-state index is 13.7. The molecule has 0 bridgehead atoms. The van der Waals surface area contributed by atoms with Gasteiger partial charge in [0, 0.05) is 22.3 Å². The molecule has 1 amide bonds. The average Bonchev–Trinajstić information content (AvgIpc) is 2.81. The van der Waals surface area contributed by atoms with Gasteiger partial charge < -0.3 is 9.33 Å². The number of hydrogen-bond acceptors (Lipinski definition) is 4. The molecule has 34 heavy (non-hydrogen) atoms. The molecule has 2 aromatic carbocycles. The first-order chi connectivity index (χ1) is 16.0. The molecule has 1 saturated heterocycles. The minimum absolute atomic E-state index is 0.0106. The molecule has 4 atom stereocenters. The quantitative estimate of drug-likeness (QED) is 0.171. The van der Waals surface area contributed by atoms with Gasteiger partial charge in [0.05, 0.1) is 18.5 Å². The molecule has 0 spiro atoms. The summed E-state index contributed by atoms with van der Waals surface area (Å²) in [5.74, 6) is 0.171. The molecule has 2 aromatic rings. The molecule has 182 valence electrons. The van der Waals surface area contributed by atoms with E-state index >= 15 is 0 Å². The summed E-state index contributed by atoms with van der Waals surface area (Å²) in [4.78, 5) is 17.4. The van der Waals surface area contributed by atoms with Crippen LogP contribution in [-0.2, 0) is 9.22 Å². The molecule has 6 heteroatoms.